The number of nitrogens with zero attached hydrogens (tertiary/aromatic N) is 1. The fraction of sp³-hybridized carbons (Fsp3) is 0.579. The minimum atomic E-state index is -0.347. The van der Waals surface area contributed by atoms with Gasteiger partial charge in [-0.2, -0.15) is 0 Å². The molecular formula is C19H25FN2O2. The molecule has 0 bridgehead atoms. The first kappa shape index (κ1) is 17.1. The lowest BCUT2D eigenvalue weighted by Crippen LogP contribution is -2.43. The van der Waals surface area contributed by atoms with Crippen molar-refractivity contribution in [3.05, 3.63) is 35.6 Å². The van der Waals surface area contributed by atoms with Crippen LogP contribution < -0.4 is 5.73 Å². The van der Waals surface area contributed by atoms with E-state index in [9.17, 15) is 14.0 Å². The zero-order chi connectivity index (χ0) is 17.1. The summed E-state index contributed by atoms with van der Waals surface area (Å²) in [4.78, 5) is 27.0. The normalized spacial score (nSPS) is 27.2. The minimum Gasteiger partial charge on any atom is -0.342 e. The van der Waals surface area contributed by atoms with Gasteiger partial charge in [0, 0.05) is 37.0 Å². The van der Waals surface area contributed by atoms with Crippen LogP contribution in [0.1, 0.15) is 48.9 Å². The van der Waals surface area contributed by atoms with Crippen molar-refractivity contribution in [3.8, 4) is 0 Å². The molecule has 130 valence electrons. The van der Waals surface area contributed by atoms with Gasteiger partial charge in [-0.1, -0.05) is 6.42 Å². The van der Waals surface area contributed by atoms with E-state index in [0.717, 1.165) is 32.1 Å². The second-order valence-corrected chi connectivity index (χ2v) is 7.11. The number of hydrogen-bond acceptors (Lipinski definition) is 3. The Bertz CT molecular complexity index is 602. The molecule has 1 aromatic carbocycles. The van der Waals surface area contributed by atoms with Crippen molar-refractivity contribution in [1.29, 1.82) is 0 Å². The summed E-state index contributed by atoms with van der Waals surface area (Å²) in [6, 6.07) is 5.79. The Balaban J connectivity index is 1.60. The van der Waals surface area contributed by atoms with E-state index in [2.05, 4.69) is 0 Å². The smallest absolute Gasteiger partial charge is 0.222 e. The Morgan fingerprint density at radius 2 is 1.88 bits per heavy atom. The number of carbonyl (C=O) groups is 2. The maximum atomic E-state index is 13.0. The number of nitrogens with two attached hydrogens (primary N) is 1. The Labute approximate surface area is 142 Å². The van der Waals surface area contributed by atoms with E-state index in [4.69, 9.17) is 5.73 Å². The maximum Gasteiger partial charge on any atom is 0.222 e. The van der Waals surface area contributed by atoms with Crippen LogP contribution >= 0.6 is 0 Å². The molecule has 2 aliphatic rings. The summed E-state index contributed by atoms with van der Waals surface area (Å²) >= 11 is 0. The number of amides is 1. The Kier molecular flexibility index (Phi) is 5.29. The van der Waals surface area contributed by atoms with Gasteiger partial charge in [-0.3, -0.25) is 9.59 Å². The minimum absolute atomic E-state index is 0.00469. The predicted molar refractivity (Wildman–Crippen MR) is 90.0 cm³/mol. The fourth-order valence-electron chi connectivity index (χ4n) is 3.94. The quantitative estimate of drug-likeness (QED) is 0.862. The van der Waals surface area contributed by atoms with Crippen LogP contribution in [0, 0.1) is 17.7 Å². The van der Waals surface area contributed by atoms with E-state index in [1.54, 1.807) is 0 Å². The molecule has 1 aromatic rings. The van der Waals surface area contributed by atoms with Gasteiger partial charge in [0.1, 0.15) is 5.82 Å². The SMILES string of the molecule is N[C@@H]1CCC[C@H]1CC(=O)N1CCCC(C(=O)c2ccc(F)cc2)C1. The molecule has 0 aromatic heterocycles. The molecule has 1 unspecified atom stereocenters. The predicted octanol–water partition coefficient (Wildman–Crippen LogP) is 2.76. The highest BCUT2D eigenvalue weighted by Crippen LogP contribution is 2.29. The van der Waals surface area contributed by atoms with E-state index in [0.29, 0.717) is 25.1 Å². The number of piperidine rings is 1. The summed E-state index contributed by atoms with van der Waals surface area (Å²) in [5.74, 6) is -0.130. The third-order valence-electron chi connectivity index (χ3n) is 5.43. The number of Topliss-reactive ketones (excluding diaryl/α,β-unsaturated/α-hetero) is 1. The Hall–Kier alpha value is -1.75. The van der Waals surface area contributed by atoms with Crippen LogP contribution in [-0.2, 0) is 4.79 Å². The highest BCUT2D eigenvalue weighted by atomic mass is 19.1. The molecule has 1 amide bonds. The molecule has 2 N–H and O–H groups in total. The highest BCUT2D eigenvalue weighted by Gasteiger charge is 2.32. The molecule has 1 aliphatic heterocycles. The lowest BCUT2D eigenvalue weighted by Gasteiger charge is -2.33. The van der Waals surface area contributed by atoms with Gasteiger partial charge in [0.05, 0.1) is 0 Å². The van der Waals surface area contributed by atoms with Crippen molar-refractivity contribution >= 4 is 11.7 Å². The largest absolute Gasteiger partial charge is 0.342 e. The topological polar surface area (TPSA) is 63.4 Å². The van der Waals surface area contributed by atoms with E-state index < -0.39 is 0 Å². The zero-order valence-corrected chi connectivity index (χ0v) is 13.9. The van der Waals surface area contributed by atoms with Crippen LogP contribution in [0.25, 0.3) is 0 Å². The van der Waals surface area contributed by atoms with Gasteiger partial charge in [0.15, 0.2) is 5.78 Å². The van der Waals surface area contributed by atoms with Crippen molar-refractivity contribution in [2.24, 2.45) is 17.6 Å². The van der Waals surface area contributed by atoms with Crippen LogP contribution in [0.2, 0.25) is 0 Å². The average Bonchev–Trinajstić information content (AvgIpc) is 3.00. The first-order valence-electron chi connectivity index (χ1n) is 8.87. The van der Waals surface area contributed by atoms with E-state index in [1.807, 2.05) is 4.90 Å². The highest BCUT2D eigenvalue weighted by molar-refractivity contribution is 5.98. The molecule has 4 nitrogen and oxygen atoms in total. The van der Waals surface area contributed by atoms with E-state index in [1.165, 1.54) is 24.3 Å². The molecule has 1 aliphatic carbocycles. The van der Waals surface area contributed by atoms with Gasteiger partial charge in [0.25, 0.3) is 0 Å². The van der Waals surface area contributed by atoms with Gasteiger partial charge in [-0.25, -0.2) is 4.39 Å². The van der Waals surface area contributed by atoms with Gasteiger partial charge in [-0.05, 0) is 55.9 Å². The Morgan fingerprint density at radius 3 is 2.54 bits per heavy atom. The molecule has 5 heteroatoms. The second kappa shape index (κ2) is 7.43. The molecule has 1 heterocycles. The number of likely N-dealkylation sites (tertiary alicyclic amines) is 1. The van der Waals surface area contributed by atoms with Gasteiger partial charge in [0.2, 0.25) is 5.91 Å². The summed E-state index contributed by atoms with van der Waals surface area (Å²) in [6.45, 7) is 1.19. The van der Waals surface area contributed by atoms with Crippen LogP contribution in [-0.4, -0.2) is 35.7 Å². The Morgan fingerprint density at radius 1 is 1.12 bits per heavy atom. The van der Waals surface area contributed by atoms with Crippen LogP contribution in [0.4, 0.5) is 4.39 Å². The lowest BCUT2D eigenvalue weighted by molar-refractivity contribution is -0.133. The third kappa shape index (κ3) is 3.83. The number of rotatable bonds is 4. The number of hydrogen-bond donors (Lipinski definition) is 1. The molecule has 3 atom stereocenters. The van der Waals surface area contributed by atoms with Gasteiger partial charge in [-0.15, -0.1) is 0 Å². The second-order valence-electron chi connectivity index (χ2n) is 7.11. The standard InChI is InChI=1S/C19H25FN2O2/c20-16-8-6-13(7-9-16)19(24)15-4-2-10-22(12-15)18(23)11-14-3-1-5-17(14)21/h6-9,14-15,17H,1-5,10-12,21H2/t14-,15?,17+/m0/s1. The first-order valence-corrected chi connectivity index (χ1v) is 8.87. The molecule has 3 rings (SSSR count). The summed E-state index contributed by atoms with van der Waals surface area (Å²) in [5, 5.41) is 0. The van der Waals surface area contributed by atoms with Crippen LogP contribution in [0.3, 0.4) is 0 Å². The maximum absolute atomic E-state index is 13.0. The molecule has 0 radical (unpaired) electrons. The molecule has 24 heavy (non-hydrogen) atoms. The molecule has 2 fully saturated rings. The van der Waals surface area contributed by atoms with Crippen molar-refractivity contribution in [2.75, 3.05) is 13.1 Å². The summed E-state index contributed by atoms with van der Waals surface area (Å²) in [6.07, 6.45) is 5.24. The van der Waals surface area contributed by atoms with Gasteiger partial charge >= 0.3 is 0 Å². The summed E-state index contributed by atoms with van der Waals surface area (Å²) in [5.41, 5.74) is 6.59. The summed E-state index contributed by atoms with van der Waals surface area (Å²) in [7, 11) is 0. The first-order chi connectivity index (χ1) is 11.5. The number of ketones is 1. The fourth-order valence-corrected chi connectivity index (χ4v) is 3.94. The molecule has 1 saturated carbocycles. The van der Waals surface area contributed by atoms with Crippen LogP contribution in [0.15, 0.2) is 24.3 Å². The van der Waals surface area contributed by atoms with Crippen molar-refractivity contribution < 1.29 is 14.0 Å². The zero-order valence-electron chi connectivity index (χ0n) is 13.9. The van der Waals surface area contributed by atoms with Crippen LogP contribution in [0.5, 0.6) is 0 Å². The third-order valence-corrected chi connectivity index (χ3v) is 5.43. The van der Waals surface area contributed by atoms with E-state index in [-0.39, 0.29) is 35.4 Å². The van der Waals surface area contributed by atoms with Crippen molar-refractivity contribution in [2.45, 2.75) is 44.6 Å². The number of carbonyl (C=O) groups excluding carboxylic acids is 2. The monoisotopic (exact) mass is 332 g/mol. The summed E-state index contributed by atoms with van der Waals surface area (Å²) < 4.78 is 13.0. The van der Waals surface area contributed by atoms with Gasteiger partial charge < -0.3 is 10.6 Å². The number of halogens is 1. The number of benzene rings is 1. The lowest BCUT2D eigenvalue weighted by atomic mass is 9.89. The molecule has 1 saturated heterocycles. The molecular weight excluding hydrogens is 307 g/mol. The van der Waals surface area contributed by atoms with Crippen molar-refractivity contribution in [3.63, 3.8) is 0 Å². The average molecular weight is 332 g/mol. The van der Waals surface area contributed by atoms with Crippen molar-refractivity contribution in [1.82, 2.24) is 4.90 Å². The molecule has 0 spiro atoms. The van der Waals surface area contributed by atoms with E-state index >= 15 is 0 Å².